The second kappa shape index (κ2) is 4.24. The SMILES string of the molecule is C[C@@H]1CC[C@H](CCS)NC1. The fraction of sp³-hybridized carbons (Fsp3) is 1.00. The van der Waals surface area contributed by atoms with Crippen LogP contribution < -0.4 is 5.32 Å². The lowest BCUT2D eigenvalue weighted by molar-refractivity contribution is 0.323. The first-order valence-electron chi connectivity index (χ1n) is 4.17. The van der Waals surface area contributed by atoms with Crippen molar-refractivity contribution in [3.05, 3.63) is 0 Å². The lowest BCUT2D eigenvalue weighted by atomic mass is 9.95. The lowest BCUT2D eigenvalue weighted by Crippen LogP contribution is -2.38. The third-order valence-corrected chi connectivity index (χ3v) is 2.50. The zero-order valence-corrected chi connectivity index (χ0v) is 7.53. The number of nitrogens with one attached hydrogen (secondary N) is 1. The Labute approximate surface area is 69.0 Å². The van der Waals surface area contributed by atoms with Crippen LogP contribution in [0, 0.1) is 5.92 Å². The monoisotopic (exact) mass is 159 g/mol. The highest BCUT2D eigenvalue weighted by Gasteiger charge is 2.15. The maximum Gasteiger partial charge on any atom is 0.00750 e. The van der Waals surface area contributed by atoms with E-state index in [1.54, 1.807) is 0 Å². The molecule has 0 aromatic carbocycles. The van der Waals surface area contributed by atoms with Gasteiger partial charge in [-0.15, -0.1) is 0 Å². The number of hydrogen-bond acceptors (Lipinski definition) is 2. The van der Waals surface area contributed by atoms with Gasteiger partial charge in [-0.3, -0.25) is 0 Å². The Hall–Kier alpha value is 0.310. The van der Waals surface area contributed by atoms with Crippen LogP contribution in [0.4, 0.5) is 0 Å². The van der Waals surface area contributed by atoms with Gasteiger partial charge in [-0.1, -0.05) is 6.92 Å². The van der Waals surface area contributed by atoms with Crippen molar-refractivity contribution in [1.82, 2.24) is 5.32 Å². The smallest absolute Gasteiger partial charge is 0.00750 e. The van der Waals surface area contributed by atoms with Gasteiger partial charge in [0.15, 0.2) is 0 Å². The second-order valence-electron chi connectivity index (χ2n) is 3.30. The Bertz CT molecular complexity index is 87.3. The molecule has 0 spiro atoms. The topological polar surface area (TPSA) is 12.0 Å². The summed E-state index contributed by atoms with van der Waals surface area (Å²) >= 11 is 4.21. The molecule has 1 saturated heterocycles. The molecule has 0 aliphatic carbocycles. The van der Waals surface area contributed by atoms with Crippen molar-refractivity contribution in [2.45, 2.75) is 32.2 Å². The van der Waals surface area contributed by atoms with Crippen LogP contribution in [-0.4, -0.2) is 18.3 Å². The minimum Gasteiger partial charge on any atom is -0.314 e. The zero-order chi connectivity index (χ0) is 7.40. The first kappa shape index (κ1) is 8.41. The third-order valence-electron chi connectivity index (χ3n) is 2.24. The van der Waals surface area contributed by atoms with Crippen LogP contribution in [0.2, 0.25) is 0 Å². The van der Waals surface area contributed by atoms with E-state index in [1.807, 2.05) is 0 Å². The highest BCUT2D eigenvalue weighted by Crippen LogP contribution is 2.15. The minimum atomic E-state index is 0.758. The van der Waals surface area contributed by atoms with Crippen molar-refractivity contribution in [3.63, 3.8) is 0 Å². The number of rotatable bonds is 2. The molecule has 0 unspecified atom stereocenters. The summed E-state index contributed by atoms with van der Waals surface area (Å²) in [5.41, 5.74) is 0. The van der Waals surface area contributed by atoms with Crippen LogP contribution in [0.15, 0.2) is 0 Å². The van der Waals surface area contributed by atoms with E-state index >= 15 is 0 Å². The van der Waals surface area contributed by atoms with Gasteiger partial charge in [-0.2, -0.15) is 12.6 Å². The molecule has 1 N–H and O–H groups in total. The minimum absolute atomic E-state index is 0.758. The first-order valence-corrected chi connectivity index (χ1v) is 4.80. The van der Waals surface area contributed by atoms with Gasteiger partial charge in [0.1, 0.15) is 0 Å². The number of hydrogen-bond donors (Lipinski definition) is 2. The summed E-state index contributed by atoms with van der Waals surface area (Å²) < 4.78 is 0. The van der Waals surface area contributed by atoms with E-state index in [2.05, 4.69) is 24.9 Å². The summed E-state index contributed by atoms with van der Waals surface area (Å²) in [6.45, 7) is 3.52. The highest BCUT2D eigenvalue weighted by atomic mass is 32.1. The molecule has 0 aromatic heterocycles. The largest absolute Gasteiger partial charge is 0.314 e. The molecule has 1 aliphatic heterocycles. The molecule has 0 bridgehead atoms. The van der Waals surface area contributed by atoms with E-state index < -0.39 is 0 Å². The first-order chi connectivity index (χ1) is 4.83. The Balaban J connectivity index is 2.13. The predicted octanol–water partition coefficient (Wildman–Crippen LogP) is 1.69. The maximum atomic E-state index is 4.21. The molecule has 60 valence electrons. The van der Waals surface area contributed by atoms with Gasteiger partial charge in [0.25, 0.3) is 0 Å². The third kappa shape index (κ3) is 2.51. The van der Waals surface area contributed by atoms with Crippen molar-refractivity contribution < 1.29 is 0 Å². The molecule has 2 atom stereocenters. The van der Waals surface area contributed by atoms with E-state index in [9.17, 15) is 0 Å². The molecule has 0 amide bonds. The summed E-state index contributed by atoms with van der Waals surface area (Å²) in [6, 6.07) is 0.758. The summed E-state index contributed by atoms with van der Waals surface area (Å²) in [5, 5.41) is 3.52. The van der Waals surface area contributed by atoms with E-state index in [1.165, 1.54) is 25.8 Å². The van der Waals surface area contributed by atoms with Crippen LogP contribution in [0.3, 0.4) is 0 Å². The normalized spacial score (nSPS) is 34.2. The average Bonchev–Trinajstić information content (AvgIpc) is 1.95. The van der Waals surface area contributed by atoms with Crippen LogP contribution >= 0.6 is 12.6 Å². The molecule has 0 radical (unpaired) electrons. The molecule has 1 nitrogen and oxygen atoms in total. The second-order valence-corrected chi connectivity index (χ2v) is 3.75. The van der Waals surface area contributed by atoms with Gasteiger partial charge >= 0.3 is 0 Å². The Kier molecular flexibility index (Phi) is 3.57. The standard InChI is InChI=1S/C8H17NS/c1-7-2-3-8(4-5-10)9-6-7/h7-10H,2-6H2,1H3/t7-,8-/m1/s1. The summed E-state index contributed by atoms with van der Waals surface area (Å²) in [4.78, 5) is 0. The Morgan fingerprint density at radius 3 is 2.80 bits per heavy atom. The van der Waals surface area contributed by atoms with Crippen LogP contribution in [0.5, 0.6) is 0 Å². The van der Waals surface area contributed by atoms with Gasteiger partial charge in [-0.05, 0) is 37.5 Å². The summed E-state index contributed by atoms with van der Waals surface area (Å²) in [5.74, 6) is 1.91. The Morgan fingerprint density at radius 1 is 1.50 bits per heavy atom. The van der Waals surface area contributed by atoms with E-state index in [0.717, 1.165) is 17.7 Å². The molecule has 0 saturated carbocycles. The van der Waals surface area contributed by atoms with Crippen molar-refractivity contribution in [2.24, 2.45) is 5.92 Å². The molecule has 1 aliphatic rings. The van der Waals surface area contributed by atoms with Gasteiger partial charge in [-0.25, -0.2) is 0 Å². The number of thiol groups is 1. The van der Waals surface area contributed by atoms with Crippen molar-refractivity contribution in [1.29, 1.82) is 0 Å². The van der Waals surface area contributed by atoms with Gasteiger partial charge in [0.05, 0.1) is 0 Å². The Morgan fingerprint density at radius 2 is 2.30 bits per heavy atom. The van der Waals surface area contributed by atoms with Gasteiger partial charge in [0.2, 0.25) is 0 Å². The fourth-order valence-electron chi connectivity index (χ4n) is 1.46. The zero-order valence-electron chi connectivity index (χ0n) is 6.64. The fourth-order valence-corrected chi connectivity index (χ4v) is 1.77. The van der Waals surface area contributed by atoms with E-state index in [0.29, 0.717) is 0 Å². The maximum absolute atomic E-state index is 4.21. The summed E-state index contributed by atoms with van der Waals surface area (Å²) in [6.07, 6.45) is 3.98. The quantitative estimate of drug-likeness (QED) is 0.584. The highest BCUT2D eigenvalue weighted by molar-refractivity contribution is 7.80. The average molecular weight is 159 g/mol. The van der Waals surface area contributed by atoms with Crippen LogP contribution in [0.1, 0.15) is 26.2 Å². The lowest BCUT2D eigenvalue weighted by Gasteiger charge is -2.27. The van der Waals surface area contributed by atoms with E-state index in [4.69, 9.17) is 0 Å². The van der Waals surface area contributed by atoms with Crippen LogP contribution in [0.25, 0.3) is 0 Å². The molecular weight excluding hydrogens is 142 g/mol. The molecular formula is C8H17NS. The summed E-state index contributed by atoms with van der Waals surface area (Å²) in [7, 11) is 0. The van der Waals surface area contributed by atoms with Gasteiger partial charge in [0, 0.05) is 6.04 Å². The molecule has 1 fully saturated rings. The van der Waals surface area contributed by atoms with Crippen molar-refractivity contribution >= 4 is 12.6 Å². The van der Waals surface area contributed by atoms with Crippen LogP contribution in [-0.2, 0) is 0 Å². The molecule has 0 aromatic rings. The van der Waals surface area contributed by atoms with E-state index in [-0.39, 0.29) is 0 Å². The molecule has 2 heteroatoms. The van der Waals surface area contributed by atoms with Crippen molar-refractivity contribution in [2.75, 3.05) is 12.3 Å². The molecule has 1 rings (SSSR count). The van der Waals surface area contributed by atoms with Gasteiger partial charge < -0.3 is 5.32 Å². The van der Waals surface area contributed by atoms with Crippen molar-refractivity contribution in [3.8, 4) is 0 Å². The number of piperidine rings is 1. The predicted molar refractivity (Wildman–Crippen MR) is 48.7 cm³/mol. The molecule has 1 heterocycles. The molecule has 10 heavy (non-hydrogen) atoms.